The van der Waals surface area contributed by atoms with Crippen molar-refractivity contribution < 1.29 is 19.2 Å². The van der Waals surface area contributed by atoms with E-state index in [9.17, 15) is 9.59 Å². The minimum Gasteiger partial charge on any atom is -0.492 e. The number of para-hydroxylation sites is 2. The lowest BCUT2D eigenvalue weighted by atomic mass is 10.2. The lowest BCUT2D eigenvalue weighted by molar-refractivity contribution is -0.914. The molecule has 4 N–H and O–H groups in total. The van der Waals surface area contributed by atoms with Crippen molar-refractivity contribution in [3.63, 3.8) is 0 Å². The third kappa shape index (κ3) is 4.45. The zero-order valence-corrected chi connectivity index (χ0v) is 17.1. The highest BCUT2D eigenvalue weighted by Gasteiger charge is 2.30. The van der Waals surface area contributed by atoms with Gasteiger partial charge in [0.15, 0.2) is 6.04 Å². The van der Waals surface area contributed by atoms with Crippen molar-refractivity contribution in [2.45, 2.75) is 19.9 Å². The van der Waals surface area contributed by atoms with Crippen LogP contribution in [0.1, 0.15) is 24.2 Å². The Hall–Kier alpha value is -2.58. The van der Waals surface area contributed by atoms with Crippen LogP contribution in [-0.4, -0.2) is 50.6 Å². The molecule has 1 aromatic heterocycles. The van der Waals surface area contributed by atoms with E-state index >= 15 is 0 Å². The topological polar surface area (TPSA) is 89.1 Å². The van der Waals surface area contributed by atoms with Gasteiger partial charge < -0.3 is 25.6 Å². The van der Waals surface area contributed by atoms with E-state index in [0.717, 1.165) is 37.6 Å². The Labute approximate surface area is 169 Å². The number of primary amides is 1. The third-order valence-electron chi connectivity index (χ3n) is 5.08. The molecule has 2 amide bonds. The van der Waals surface area contributed by atoms with Gasteiger partial charge in [0.2, 0.25) is 0 Å². The number of piperazine rings is 1. The zero-order valence-electron chi connectivity index (χ0n) is 16.2. The minimum absolute atomic E-state index is 0.0943. The molecular weight excluding hydrogens is 376 g/mol. The van der Waals surface area contributed by atoms with Crippen molar-refractivity contribution in [1.29, 1.82) is 0 Å². The Morgan fingerprint density at radius 3 is 2.68 bits per heavy atom. The van der Waals surface area contributed by atoms with Crippen LogP contribution in [0.5, 0.6) is 5.75 Å². The number of nitrogens with two attached hydrogens (primary N) is 1. The van der Waals surface area contributed by atoms with E-state index in [2.05, 4.69) is 16.3 Å². The fourth-order valence-electron chi connectivity index (χ4n) is 3.47. The van der Waals surface area contributed by atoms with Crippen molar-refractivity contribution in [3.05, 3.63) is 41.3 Å². The molecule has 1 fully saturated rings. The van der Waals surface area contributed by atoms with Crippen LogP contribution >= 0.6 is 11.3 Å². The number of carbonyl (C=O) groups excluding carboxylic acids is 2. The molecule has 1 atom stereocenters. The van der Waals surface area contributed by atoms with Gasteiger partial charge in [0.1, 0.15) is 10.8 Å². The number of amides is 2. The van der Waals surface area contributed by atoms with Crippen molar-refractivity contribution in [2.75, 3.05) is 43.0 Å². The Morgan fingerprint density at radius 1 is 1.29 bits per heavy atom. The van der Waals surface area contributed by atoms with E-state index in [1.54, 1.807) is 11.4 Å². The molecule has 0 spiro atoms. The van der Waals surface area contributed by atoms with Gasteiger partial charge in [-0.1, -0.05) is 12.1 Å². The van der Waals surface area contributed by atoms with E-state index in [1.807, 2.05) is 32.0 Å². The van der Waals surface area contributed by atoms with Crippen LogP contribution in [0.15, 0.2) is 35.7 Å². The number of anilines is 2. The molecule has 1 saturated heterocycles. The lowest BCUT2D eigenvalue weighted by Crippen LogP contribution is -3.19. The zero-order chi connectivity index (χ0) is 20.1. The predicted molar refractivity (Wildman–Crippen MR) is 111 cm³/mol. The van der Waals surface area contributed by atoms with Crippen LogP contribution in [0.25, 0.3) is 0 Å². The summed E-state index contributed by atoms with van der Waals surface area (Å²) in [5, 5.41) is 5.14. The molecule has 0 radical (unpaired) electrons. The second-order valence-electron chi connectivity index (χ2n) is 6.78. The summed E-state index contributed by atoms with van der Waals surface area (Å²) in [5.41, 5.74) is 6.81. The van der Waals surface area contributed by atoms with Gasteiger partial charge in [0.25, 0.3) is 11.8 Å². The van der Waals surface area contributed by atoms with E-state index in [-0.39, 0.29) is 11.9 Å². The highest BCUT2D eigenvalue weighted by molar-refractivity contribution is 7.14. The maximum absolute atomic E-state index is 12.7. The van der Waals surface area contributed by atoms with Gasteiger partial charge >= 0.3 is 0 Å². The summed E-state index contributed by atoms with van der Waals surface area (Å²) in [4.78, 5) is 27.6. The Kier molecular flexibility index (Phi) is 6.53. The Morgan fingerprint density at radius 2 is 2.00 bits per heavy atom. The van der Waals surface area contributed by atoms with Crippen LogP contribution in [0, 0.1) is 0 Å². The summed E-state index contributed by atoms with van der Waals surface area (Å²) < 4.78 is 5.74. The van der Waals surface area contributed by atoms with Crippen LogP contribution in [-0.2, 0) is 4.79 Å². The highest BCUT2D eigenvalue weighted by atomic mass is 32.1. The molecule has 28 heavy (non-hydrogen) atoms. The smallest absolute Gasteiger partial charge is 0.282 e. The van der Waals surface area contributed by atoms with Gasteiger partial charge in [0.05, 0.1) is 44.0 Å². The molecule has 0 unspecified atom stereocenters. The Bertz CT molecular complexity index is 830. The number of nitrogens with one attached hydrogen (secondary N) is 2. The summed E-state index contributed by atoms with van der Waals surface area (Å²) >= 11 is 1.31. The monoisotopic (exact) mass is 403 g/mol. The first kappa shape index (κ1) is 20.2. The number of benzene rings is 1. The number of thiophene rings is 1. The maximum Gasteiger partial charge on any atom is 0.282 e. The second-order valence-corrected chi connectivity index (χ2v) is 7.70. The van der Waals surface area contributed by atoms with Crippen molar-refractivity contribution >= 4 is 33.8 Å². The third-order valence-corrected chi connectivity index (χ3v) is 5.91. The minimum atomic E-state index is -0.530. The van der Waals surface area contributed by atoms with Crippen molar-refractivity contribution in [2.24, 2.45) is 5.73 Å². The molecule has 150 valence electrons. The molecular formula is C20H27N4O3S+. The van der Waals surface area contributed by atoms with Crippen molar-refractivity contribution in [3.8, 4) is 5.75 Å². The van der Waals surface area contributed by atoms with Gasteiger partial charge in [-0.3, -0.25) is 9.59 Å². The van der Waals surface area contributed by atoms with Crippen molar-refractivity contribution in [1.82, 2.24) is 0 Å². The Balaban J connectivity index is 1.59. The molecule has 7 nitrogen and oxygen atoms in total. The average molecular weight is 404 g/mol. The first-order valence-electron chi connectivity index (χ1n) is 9.50. The maximum atomic E-state index is 12.7. The second kappa shape index (κ2) is 9.07. The molecule has 1 aliphatic rings. The van der Waals surface area contributed by atoms with Gasteiger partial charge in [-0.25, -0.2) is 0 Å². The number of rotatable bonds is 7. The van der Waals surface area contributed by atoms with Crippen LogP contribution in [0.4, 0.5) is 10.7 Å². The number of quaternary nitrogens is 1. The van der Waals surface area contributed by atoms with Crippen LogP contribution in [0.2, 0.25) is 0 Å². The van der Waals surface area contributed by atoms with E-state index in [4.69, 9.17) is 10.5 Å². The normalized spacial score (nSPS) is 15.9. The molecule has 8 heteroatoms. The number of carbonyl (C=O) groups is 2. The summed E-state index contributed by atoms with van der Waals surface area (Å²) in [6, 6.07) is 9.49. The van der Waals surface area contributed by atoms with Crippen LogP contribution < -0.4 is 25.6 Å². The molecule has 2 heterocycles. The van der Waals surface area contributed by atoms with E-state index in [1.165, 1.54) is 16.2 Å². The number of nitrogens with zero attached hydrogens (tertiary/aromatic N) is 1. The molecule has 2 aromatic rings. The molecule has 0 bridgehead atoms. The summed E-state index contributed by atoms with van der Waals surface area (Å²) in [6.07, 6.45) is 0. The summed E-state index contributed by atoms with van der Waals surface area (Å²) in [5.74, 6) is 0.275. The molecule has 1 aliphatic heterocycles. The van der Waals surface area contributed by atoms with Gasteiger partial charge in [-0.15, -0.1) is 11.3 Å². The summed E-state index contributed by atoms with van der Waals surface area (Å²) in [6.45, 7) is 7.94. The largest absolute Gasteiger partial charge is 0.492 e. The number of ether oxygens (including phenoxy) is 1. The highest BCUT2D eigenvalue weighted by Crippen LogP contribution is 2.28. The van der Waals surface area contributed by atoms with Crippen LogP contribution in [0.3, 0.4) is 0 Å². The standard InChI is InChI=1S/C20H26N4O3S/c1-3-27-17-7-5-4-6-16(17)24-11-9-23(10-12-24)14(2)19(26)22-20-15(18(21)25)8-13-28-20/h4-8,13-14H,3,9-12H2,1-2H3,(H2,21,25)(H,22,26)/p+1/t14-/m0/s1. The summed E-state index contributed by atoms with van der Waals surface area (Å²) in [7, 11) is 0. The molecule has 3 rings (SSSR count). The quantitative estimate of drug-likeness (QED) is 0.643. The first-order valence-corrected chi connectivity index (χ1v) is 10.4. The fraction of sp³-hybridized carbons (Fsp3) is 0.400. The van der Waals surface area contributed by atoms with Gasteiger partial charge in [0, 0.05) is 0 Å². The molecule has 1 aromatic carbocycles. The first-order chi connectivity index (χ1) is 13.5. The number of hydrogen-bond donors (Lipinski definition) is 3. The molecule has 0 aliphatic carbocycles. The van der Waals surface area contributed by atoms with Gasteiger partial charge in [-0.05, 0) is 37.4 Å². The average Bonchev–Trinajstić information content (AvgIpc) is 3.17. The van der Waals surface area contributed by atoms with Gasteiger partial charge in [-0.2, -0.15) is 0 Å². The fourth-order valence-corrected chi connectivity index (χ4v) is 4.26. The SMILES string of the molecule is CCOc1ccccc1N1CC[NH+]([C@@H](C)C(=O)Nc2sccc2C(N)=O)CC1. The number of hydrogen-bond acceptors (Lipinski definition) is 5. The van der Waals surface area contributed by atoms with E-state index in [0.29, 0.717) is 17.2 Å². The predicted octanol–water partition coefficient (Wildman–Crippen LogP) is 0.978. The molecule has 0 saturated carbocycles. The van der Waals surface area contributed by atoms with E-state index < -0.39 is 5.91 Å². The lowest BCUT2D eigenvalue weighted by Gasteiger charge is -2.36.